The van der Waals surface area contributed by atoms with Gasteiger partial charge in [-0.3, -0.25) is 14.5 Å². The fourth-order valence-electron chi connectivity index (χ4n) is 5.97. The van der Waals surface area contributed by atoms with Crippen LogP contribution in [-0.4, -0.2) is 59.0 Å². The van der Waals surface area contributed by atoms with Gasteiger partial charge in [0, 0.05) is 32.2 Å². The monoisotopic (exact) mass is 334 g/mol. The molecule has 0 radical (unpaired) electrons. The molecule has 1 saturated heterocycles. The van der Waals surface area contributed by atoms with Gasteiger partial charge in [-0.15, -0.1) is 0 Å². The van der Waals surface area contributed by atoms with Gasteiger partial charge in [-0.2, -0.15) is 0 Å². The second-order valence-electron chi connectivity index (χ2n) is 8.38. The lowest BCUT2D eigenvalue weighted by Gasteiger charge is -2.42. The Morgan fingerprint density at radius 1 is 0.792 bits per heavy atom. The molecule has 0 aromatic heterocycles. The molecule has 3 aliphatic carbocycles. The van der Waals surface area contributed by atoms with Crippen LogP contribution in [0.3, 0.4) is 0 Å². The van der Waals surface area contributed by atoms with Crippen LogP contribution in [0.1, 0.15) is 51.4 Å². The van der Waals surface area contributed by atoms with Gasteiger partial charge in [0.15, 0.2) is 0 Å². The quantitative estimate of drug-likeness (QED) is 0.860. The van der Waals surface area contributed by atoms with Gasteiger partial charge in [0.05, 0.1) is 11.8 Å². The minimum absolute atomic E-state index is 0.137. The minimum Gasteiger partial charge on any atom is -0.481 e. The molecule has 0 aromatic rings. The third-order valence-electron chi connectivity index (χ3n) is 7.20. The first kappa shape index (κ1) is 16.4. The van der Waals surface area contributed by atoms with Crippen molar-refractivity contribution in [3.63, 3.8) is 0 Å². The van der Waals surface area contributed by atoms with Gasteiger partial charge < -0.3 is 10.0 Å². The number of rotatable bonds is 3. The van der Waals surface area contributed by atoms with E-state index in [0.717, 1.165) is 45.4 Å². The molecule has 3 saturated carbocycles. The Bertz CT molecular complexity index is 495. The Kier molecular flexibility index (Phi) is 4.54. The number of nitrogens with zero attached hydrogens (tertiary/aromatic N) is 2. The van der Waals surface area contributed by atoms with E-state index >= 15 is 0 Å². The Hall–Kier alpha value is -1.10. The fraction of sp³-hybridized carbons (Fsp3) is 0.895. The van der Waals surface area contributed by atoms with Gasteiger partial charge in [0.2, 0.25) is 5.91 Å². The van der Waals surface area contributed by atoms with Crippen molar-refractivity contribution in [2.45, 2.75) is 57.4 Å². The van der Waals surface area contributed by atoms with Gasteiger partial charge in [0.1, 0.15) is 0 Å². The zero-order chi connectivity index (χ0) is 16.7. The van der Waals surface area contributed by atoms with Gasteiger partial charge in [-0.25, -0.2) is 0 Å². The maximum atomic E-state index is 13.0. The first-order valence-corrected chi connectivity index (χ1v) is 9.91. The standard InChI is InChI=1S/C19H30N2O3/c22-18(16-13-6-7-14(12-13)17(16)19(23)24)21-10-8-20(9-11-21)15-4-2-1-3-5-15/h13-17H,1-12H2,(H,23,24)/t13-,14-,16-,17-/m0/s1. The van der Waals surface area contributed by atoms with E-state index in [4.69, 9.17) is 0 Å². The summed E-state index contributed by atoms with van der Waals surface area (Å²) in [7, 11) is 0. The highest BCUT2D eigenvalue weighted by atomic mass is 16.4. The lowest BCUT2D eigenvalue weighted by molar-refractivity contribution is -0.153. The molecule has 24 heavy (non-hydrogen) atoms. The van der Waals surface area contributed by atoms with E-state index in [-0.39, 0.29) is 17.7 Å². The summed E-state index contributed by atoms with van der Waals surface area (Å²) in [6, 6.07) is 0.713. The average Bonchev–Trinajstić information content (AvgIpc) is 3.23. The Balaban J connectivity index is 1.37. The zero-order valence-corrected chi connectivity index (χ0v) is 14.5. The van der Waals surface area contributed by atoms with Crippen LogP contribution in [0.5, 0.6) is 0 Å². The maximum Gasteiger partial charge on any atom is 0.307 e. The second kappa shape index (κ2) is 6.66. The Morgan fingerprint density at radius 2 is 1.42 bits per heavy atom. The summed E-state index contributed by atoms with van der Waals surface area (Å²) in [6.45, 7) is 3.51. The van der Waals surface area contributed by atoms with Crippen molar-refractivity contribution in [1.82, 2.24) is 9.80 Å². The number of amides is 1. The van der Waals surface area contributed by atoms with Gasteiger partial charge in [0.25, 0.3) is 0 Å². The van der Waals surface area contributed by atoms with Crippen LogP contribution in [0.4, 0.5) is 0 Å². The molecule has 1 N–H and O–H groups in total. The maximum absolute atomic E-state index is 13.0. The van der Waals surface area contributed by atoms with E-state index < -0.39 is 11.9 Å². The molecule has 134 valence electrons. The molecule has 2 bridgehead atoms. The van der Waals surface area contributed by atoms with Crippen molar-refractivity contribution < 1.29 is 14.7 Å². The average molecular weight is 334 g/mol. The van der Waals surface area contributed by atoms with Crippen molar-refractivity contribution in [3.8, 4) is 0 Å². The fourth-order valence-corrected chi connectivity index (χ4v) is 5.97. The predicted octanol–water partition coefficient (Wildman–Crippen LogP) is 2.21. The molecule has 4 rings (SSSR count). The van der Waals surface area contributed by atoms with E-state index in [9.17, 15) is 14.7 Å². The molecule has 1 aliphatic heterocycles. The Morgan fingerprint density at radius 3 is 2.04 bits per heavy atom. The summed E-state index contributed by atoms with van der Waals surface area (Å²) in [4.78, 5) is 29.2. The van der Waals surface area contributed by atoms with Crippen LogP contribution < -0.4 is 0 Å². The number of fused-ring (bicyclic) bond motifs is 2. The lowest BCUT2D eigenvalue weighted by atomic mass is 9.78. The summed E-state index contributed by atoms with van der Waals surface area (Å²) in [5.74, 6) is -0.723. The Labute approximate surface area is 144 Å². The van der Waals surface area contributed by atoms with Gasteiger partial charge >= 0.3 is 5.97 Å². The summed E-state index contributed by atoms with van der Waals surface area (Å²) < 4.78 is 0. The number of aliphatic carboxylic acids is 1. The number of carboxylic acids is 1. The number of hydrogen-bond acceptors (Lipinski definition) is 3. The highest BCUT2D eigenvalue weighted by Crippen LogP contribution is 2.53. The minimum atomic E-state index is -0.749. The molecule has 0 spiro atoms. The normalized spacial score (nSPS) is 37.8. The van der Waals surface area contributed by atoms with Crippen LogP contribution in [0.2, 0.25) is 0 Å². The number of piperazine rings is 1. The van der Waals surface area contributed by atoms with E-state index in [2.05, 4.69) is 4.90 Å². The first-order chi connectivity index (χ1) is 11.6. The van der Waals surface area contributed by atoms with E-state index in [0.29, 0.717) is 12.0 Å². The van der Waals surface area contributed by atoms with Crippen LogP contribution in [0, 0.1) is 23.7 Å². The third-order valence-corrected chi connectivity index (χ3v) is 7.20. The predicted molar refractivity (Wildman–Crippen MR) is 90.5 cm³/mol. The first-order valence-electron chi connectivity index (χ1n) is 9.91. The van der Waals surface area contributed by atoms with Gasteiger partial charge in [-0.05, 0) is 43.9 Å². The number of carboxylic acid groups (broad SMARTS) is 1. The molecule has 1 heterocycles. The molecular formula is C19H30N2O3. The molecule has 5 heteroatoms. The molecule has 0 aromatic carbocycles. The lowest BCUT2D eigenvalue weighted by Crippen LogP contribution is -2.54. The third kappa shape index (κ3) is 2.85. The van der Waals surface area contributed by atoms with Gasteiger partial charge in [-0.1, -0.05) is 19.3 Å². The molecule has 4 aliphatic rings. The zero-order valence-electron chi connectivity index (χ0n) is 14.5. The highest BCUT2D eigenvalue weighted by Gasteiger charge is 2.54. The number of carbonyl (C=O) groups is 2. The summed E-state index contributed by atoms with van der Waals surface area (Å²) in [6.07, 6.45) is 9.67. The van der Waals surface area contributed by atoms with Crippen molar-refractivity contribution in [2.75, 3.05) is 26.2 Å². The largest absolute Gasteiger partial charge is 0.481 e. The molecule has 0 unspecified atom stereocenters. The van der Waals surface area contributed by atoms with Crippen molar-refractivity contribution in [2.24, 2.45) is 23.7 Å². The van der Waals surface area contributed by atoms with Crippen molar-refractivity contribution in [1.29, 1.82) is 0 Å². The summed E-state index contributed by atoms with van der Waals surface area (Å²) in [5.41, 5.74) is 0. The summed E-state index contributed by atoms with van der Waals surface area (Å²) in [5, 5.41) is 9.59. The van der Waals surface area contributed by atoms with Crippen LogP contribution in [-0.2, 0) is 9.59 Å². The molecule has 5 nitrogen and oxygen atoms in total. The molecule has 4 fully saturated rings. The summed E-state index contributed by atoms with van der Waals surface area (Å²) >= 11 is 0. The van der Waals surface area contributed by atoms with E-state index in [1.807, 2.05) is 4.90 Å². The smallest absolute Gasteiger partial charge is 0.307 e. The molecule has 1 amide bonds. The topological polar surface area (TPSA) is 60.9 Å². The van der Waals surface area contributed by atoms with Crippen molar-refractivity contribution >= 4 is 11.9 Å². The van der Waals surface area contributed by atoms with E-state index in [1.165, 1.54) is 32.1 Å². The molecule has 4 atom stereocenters. The van der Waals surface area contributed by atoms with Crippen LogP contribution >= 0.6 is 0 Å². The molecular weight excluding hydrogens is 304 g/mol. The SMILES string of the molecule is O=C(O)[C@H]1[C@H]2CC[C@@H](C2)[C@@H]1C(=O)N1CCN(C2CCCCC2)CC1. The highest BCUT2D eigenvalue weighted by molar-refractivity contribution is 5.86. The van der Waals surface area contributed by atoms with Crippen molar-refractivity contribution in [3.05, 3.63) is 0 Å². The number of hydrogen-bond donors (Lipinski definition) is 1. The second-order valence-corrected chi connectivity index (χ2v) is 8.38. The van der Waals surface area contributed by atoms with E-state index in [1.54, 1.807) is 0 Å². The van der Waals surface area contributed by atoms with Crippen LogP contribution in [0.15, 0.2) is 0 Å². The number of carbonyl (C=O) groups excluding carboxylic acids is 1. The van der Waals surface area contributed by atoms with Crippen LogP contribution in [0.25, 0.3) is 0 Å².